The van der Waals surface area contributed by atoms with Crippen LogP contribution in [0.5, 0.6) is 11.5 Å². The number of nitrogens with one attached hydrogen (secondary N) is 1. The molecule has 0 amide bonds. The summed E-state index contributed by atoms with van der Waals surface area (Å²) >= 11 is 5.09. The van der Waals surface area contributed by atoms with Crippen molar-refractivity contribution >= 4 is 28.6 Å². The lowest BCUT2D eigenvalue weighted by Gasteiger charge is -2.14. The van der Waals surface area contributed by atoms with Crippen LogP contribution in [0.25, 0.3) is 0 Å². The monoisotopic (exact) mass is 302 g/mol. The SMILES string of the molecule is COc1ccc(Nc2cc(C)ccc2C(N)=S)cc1OC. The second kappa shape index (κ2) is 6.45. The Kier molecular flexibility index (Phi) is 4.65. The molecule has 0 spiro atoms. The number of thiocarbonyl (C=S) groups is 1. The Morgan fingerprint density at radius 2 is 1.76 bits per heavy atom. The van der Waals surface area contributed by atoms with E-state index in [1.807, 2.05) is 43.3 Å². The molecule has 2 aromatic carbocycles. The third kappa shape index (κ3) is 3.44. The van der Waals surface area contributed by atoms with E-state index in [1.165, 1.54) is 0 Å². The molecule has 0 heterocycles. The fraction of sp³-hybridized carbons (Fsp3) is 0.188. The van der Waals surface area contributed by atoms with Gasteiger partial charge < -0.3 is 20.5 Å². The van der Waals surface area contributed by atoms with E-state index in [4.69, 9.17) is 27.4 Å². The fourth-order valence-electron chi connectivity index (χ4n) is 2.05. The molecule has 0 fully saturated rings. The molecule has 0 aliphatic carbocycles. The molecule has 0 unspecified atom stereocenters. The lowest BCUT2D eigenvalue weighted by molar-refractivity contribution is 0.355. The second-order valence-corrected chi connectivity index (χ2v) is 5.05. The zero-order chi connectivity index (χ0) is 15.4. The van der Waals surface area contributed by atoms with Gasteiger partial charge in [-0.15, -0.1) is 0 Å². The normalized spacial score (nSPS) is 10.0. The highest BCUT2D eigenvalue weighted by molar-refractivity contribution is 7.80. The van der Waals surface area contributed by atoms with Crippen LogP contribution in [-0.2, 0) is 0 Å². The quantitative estimate of drug-likeness (QED) is 0.829. The van der Waals surface area contributed by atoms with Crippen LogP contribution in [0.3, 0.4) is 0 Å². The maximum absolute atomic E-state index is 5.77. The summed E-state index contributed by atoms with van der Waals surface area (Å²) in [6, 6.07) is 11.5. The third-order valence-corrected chi connectivity index (χ3v) is 3.32. The summed E-state index contributed by atoms with van der Waals surface area (Å²) in [7, 11) is 3.21. The summed E-state index contributed by atoms with van der Waals surface area (Å²) in [5.41, 5.74) is 9.44. The molecule has 21 heavy (non-hydrogen) atoms. The number of rotatable bonds is 5. The molecule has 110 valence electrons. The van der Waals surface area contributed by atoms with Crippen molar-refractivity contribution in [2.24, 2.45) is 5.73 Å². The number of aryl methyl sites for hydroxylation is 1. The molecule has 0 saturated heterocycles. The van der Waals surface area contributed by atoms with Crippen molar-refractivity contribution in [1.29, 1.82) is 0 Å². The zero-order valence-corrected chi connectivity index (χ0v) is 13.1. The molecule has 3 N–H and O–H groups in total. The highest BCUT2D eigenvalue weighted by atomic mass is 32.1. The molecule has 5 heteroatoms. The van der Waals surface area contributed by atoms with Gasteiger partial charge in [0, 0.05) is 23.0 Å². The van der Waals surface area contributed by atoms with Gasteiger partial charge in [-0.1, -0.05) is 18.3 Å². The lowest BCUT2D eigenvalue weighted by atomic mass is 10.1. The zero-order valence-electron chi connectivity index (χ0n) is 12.3. The van der Waals surface area contributed by atoms with Gasteiger partial charge in [-0.2, -0.15) is 0 Å². The molecule has 2 rings (SSSR count). The van der Waals surface area contributed by atoms with E-state index in [0.717, 1.165) is 22.5 Å². The van der Waals surface area contributed by atoms with Crippen LogP contribution in [0.4, 0.5) is 11.4 Å². The summed E-state index contributed by atoms with van der Waals surface area (Å²) < 4.78 is 10.5. The minimum Gasteiger partial charge on any atom is -0.493 e. The first-order valence-corrected chi connectivity index (χ1v) is 6.85. The standard InChI is InChI=1S/C16H18N2O2S/c1-10-4-6-12(16(17)21)13(8-10)18-11-5-7-14(19-2)15(9-11)20-3/h4-9,18H,1-3H3,(H2,17,21). The Balaban J connectivity index is 2.38. The van der Waals surface area contributed by atoms with Gasteiger partial charge in [0.05, 0.1) is 14.2 Å². The summed E-state index contributed by atoms with van der Waals surface area (Å²) in [4.78, 5) is 0.359. The average Bonchev–Trinajstić information content (AvgIpc) is 2.46. The van der Waals surface area contributed by atoms with Crippen molar-refractivity contribution in [2.75, 3.05) is 19.5 Å². The molecule has 0 bridgehead atoms. The fourth-order valence-corrected chi connectivity index (χ4v) is 2.22. The number of methoxy groups -OCH3 is 2. The van der Waals surface area contributed by atoms with Gasteiger partial charge in [-0.05, 0) is 36.8 Å². The molecule has 2 aromatic rings. The Morgan fingerprint density at radius 1 is 1.05 bits per heavy atom. The van der Waals surface area contributed by atoms with Gasteiger partial charge in [-0.25, -0.2) is 0 Å². The van der Waals surface area contributed by atoms with Crippen LogP contribution in [0.15, 0.2) is 36.4 Å². The first-order chi connectivity index (χ1) is 10.0. The van der Waals surface area contributed by atoms with E-state index in [0.29, 0.717) is 16.5 Å². The Labute approximate surface area is 129 Å². The maximum Gasteiger partial charge on any atom is 0.162 e. The molecule has 0 aromatic heterocycles. The van der Waals surface area contributed by atoms with E-state index in [1.54, 1.807) is 14.2 Å². The average molecular weight is 302 g/mol. The number of nitrogens with two attached hydrogens (primary N) is 1. The Hall–Kier alpha value is -2.27. The van der Waals surface area contributed by atoms with Gasteiger partial charge in [0.1, 0.15) is 4.99 Å². The van der Waals surface area contributed by atoms with Crippen LogP contribution in [0, 0.1) is 6.92 Å². The molecule has 4 nitrogen and oxygen atoms in total. The molecule has 0 radical (unpaired) electrons. The molecular formula is C16H18N2O2S. The number of benzene rings is 2. The smallest absolute Gasteiger partial charge is 0.162 e. The van der Waals surface area contributed by atoms with Crippen molar-refractivity contribution in [3.8, 4) is 11.5 Å². The summed E-state index contributed by atoms with van der Waals surface area (Å²) in [5, 5.41) is 3.32. The van der Waals surface area contributed by atoms with E-state index in [-0.39, 0.29) is 0 Å². The van der Waals surface area contributed by atoms with Crippen molar-refractivity contribution in [1.82, 2.24) is 0 Å². The first kappa shape index (κ1) is 15.1. The van der Waals surface area contributed by atoms with E-state index in [2.05, 4.69) is 5.32 Å². The highest BCUT2D eigenvalue weighted by Gasteiger charge is 2.08. The number of hydrogen-bond acceptors (Lipinski definition) is 4. The van der Waals surface area contributed by atoms with Gasteiger partial charge in [-0.3, -0.25) is 0 Å². The topological polar surface area (TPSA) is 56.5 Å². The predicted molar refractivity (Wildman–Crippen MR) is 89.9 cm³/mol. The summed E-state index contributed by atoms with van der Waals surface area (Å²) in [6.07, 6.45) is 0. The Morgan fingerprint density at radius 3 is 2.38 bits per heavy atom. The van der Waals surface area contributed by atoms with Crippen molar-refractivity contribution in [2.45, 2.75) is 6.92 Å². The van der Waals surface area contributed by atoms with Gasteiger partial charge in [0.25, 0.3) is 0 Å². The molecule has 0 saturated carbocycles. The molecule has 0 aliphatic rings. The van der Waals surface area contributed by atoms with Gasteiger partial charge in [0.2, 0.25) is 0 Å². The van der Waals surface area contributed by atoms with Crippen LogP contribution in [-0.4, -0.2) is 19.2 Å². The third-order valence-electron chi connectivity index (χ3n) is 3.10. The summed E-state index contributed by atoms with van der Waals surface area (Å²) in [5.74, 6) is 1.34. The van der Waals surface area contributed by atoms with Crippen molar-refractivity contribution < 1.29 is 9.47 Å². The van der Waals surface area contributed by atoms with Gasteiger partial charge in [0.15, 0.2) is 11.5 Å². The minimum absolute atomic E-state index is 0.359. The molecule has 0 atom stereocenters. The van der Waals surface area contributed by atoms with Gasteiger partial charge >= 0.3 is 0 Å². The van der Waals surface area contributed by atoms with Crippen LogP contribution in [0.2, 0.25) is 0 Å². The van der Waals surface area contributed by atoms with Crippen molar-refractivity contribution in [3.05, 3.63) is 47.5 Å². The second-order valence-electron chi connectivity index (χ2n) is 4.61. The predicted octanol–water partition coefficient (Wildman–Crippen LogP) is 3.39. The number of hydrogen-bond donors (Lipinski definition) is 2. The minimum atomic E-state index is 0.359. The number of ether oxygens (including phenoxy) is 2. The van der Waals surface area contributed by atoms with Crippen molar-refractivity contribution in [3.63, 3.8) is 0 Å². The molecule has 0 aliphatic heterocycles. The van der Waals surface area contributed by atoms with E-state index < -0.39 is 0 Å². The first-order valence-electron chi connectivity index (χ1n) is 6.44. The largest absolute Gasteiger partial charge is 0.493 e. The van der Waals surface area contributed by atoms with E-state index in [9.17, 15) is 0 Å². The highest BCUT2D eigenvalue weighted by Crippen LogP contribution is 2.32. The van der Waals surface area contributed by atoms with Crippen LogP contribution < -0.4 is 20.5 Å². The van der Waals surface area contributed by atoms with E-state index >= 15 is 0 Å². The summed E-state index contributed by atoms with van der Waals surface area (Å²) in [6.45, 7) is 2.02. The van der Waals surface area contributed by atoms with Crippen LogP contribution in [0.1, 0.15) is 11.1 Å². The molecular weight excluding hydrogens is 284 g/mol. The number of anilines is 2. The van der Waals surface area contributed by atoms with Crippen LogP contribution >= 0.6 is 12.2 Å². The maximum atomic E-state index is 5.77. The lowest BCUT2D eigenvalue weighted by Crippen LogP contribution is -2.12. The Bertz CT molecular complexity index is 671.